The molecule has 138 valence electrons. The smallest absolute Gasteiger partial charge is 0.327 e. The number of hydrogen-bond donors (Lipinski definition) is 1. The second kappa shape index (κ2) is 7.58. The minimum Gasteiger partial charge on any atom is -0.465 e. The zero-order chi connectivity index (χ0) is 18.6. The van der Waals surface area contributed by atoms with Gasteiger partial charge in [-0.05, 0) is 35.4 Å². The number of carbonyl (C=O) groups is 1. The van der Waals surface area contributed by atoms with E-state index in [-0.39, 0.29) is 12.5 Å². The molecule has 27 heavy (non-hydrogen) atoms. The van der Waals surface area contributed by atoms with Crippen LogP contribution in [0.4, 0.5) is 11.6 Å². The molecule has 0 aliphatic rings. The summed E-state index contributed by atoms with van der Waals surface area (Å²) in [7, 11) is 0. The van der Waals surface area contributed by atoms with Gasteiger partial charge < -0.3 is 14.6 Å². The van der Waals surface area contributed by atoms with Crippen molar-refractivity contribution in [3.05, 3.63) is 53.2 Å². The van der Waals surface area contributed by atoms with Gasteiger partial charge in [-0.1, -0.05) is 0 Å². The SMILES string of the molecule is CCOC(=O)Cn1cc(Nc2ncc3ccn(Cc4ccsc4)c3n2)cn1. The Kier molecular flexibility index (Phi) is 4.84. The Balaban J connectivity index is 1.51. The molecule has 0 amide bonds. The summed E-state index contributed by atoms with van der Waals surface area (Å²) < 4.78 is 8.53. The Morgan fingerprint density at radius 1 is 1.33 bits per heavy atom. The molecule has 1 N–H and O–H groups in total. The van der Waals surface area contributed by atoms with Crippen LogP contribution in [0, 0.1) is 0 Å². The van der Waals surface area contributed by atoms with Gasteiger partial charge in [-0.2, -0.15) is 21.4 Å². The summed E-state index contributed by atoms with van der Waals surface area (Å²) >= 11 is 1.68. The molecule has 0 spiro atoms. The summed E-state index contributed by atoms with van der Waals surface area (Å²) in [5, 5.41) is 12.5. The number of fused-ring (bicyclic) bond motifs is 1. The van der Waals surface area contributed by atoms with Gasteiger partial charge in [0.1, 0.15) is 12.2 Å². The summed E-state index contributed by atoms with van der Waals surface area (Å²) in [5.41, 5.74) is 2.80. The Labute approximate surface area is 159 Å². The highest BCUT2D eigenvalue weighted by molar-refractivity contribution is 7.07. The molecule has 9 heteroatoms. The fraction of sp³-hybridized carbons (Fsp3) is 0.222. The minimum absolute atomic E-state index is 0.0684. The fourth-order valence-electron chi connectivity index (χ4n) is 2.72. The van der Waals surface area contributed by atoms with E-state index in [0.717, 1.165) is 17.6 Å². The monoisotopic (exact) mass is 382 g/mol. The van der Waals surface area contributed by atoms with Crippen molar-refractivity contribution in [2.45, 2.75) is 20.0 Å². The van der Waals surface area contributed by atoms with Gasteiger partial charge in [-0.25, -0.2) is 4.98 Å². The molecule has 0 bridgehead atoms. The second-order valence-corrected chi connectivity index (χ2v) is 6.68. The molecule has 0 saturated carbocycles. The van der Waals surface area contributed by atoms with Crippen LogP contribution in [0.1, 0.15) is 12.5 Å². The number of ether oxygens (including phenoxy) is 1. The molecular weight excluding hydrogens is 364 g/mol. The van der Waals surface area contributed by atoms with Crippen molar-refractivity contribution in [2.24, 2.45) is 0 Å². The zero-order valence-corrected chi connectivity index (χ0v) is 15.5. The van der Waals surface area contributed by atoms with Crippen LogP contribution in [0.3, 0.4) is 0 Å². The zero-order valence-electron chi connectivity index (χ0n) is 14.7. The van der Waals surface area contributed by atoms with Gasteiger partial charge in [0.15, 0.2) is 0 Å². The van der Waals surface area contributed by atoms with Gasteiger partial charge in [0.2, 0.25) is 5.95 Å². The van der Waals surface area contributed by atoms with E-state index in [4.69, 9.17) is 4.74 Å². The van der Waals surface area contributed by atoms with Gasteiger partial charge in [0.25, 0.3) is 0 Å². The average molecular weight is 382 g/mol. The lowest BCUT2D eigenvalue weighted by atomic mass is 10.3. The third-order valence-electron chi connectivity index (χ3n) is 3.92. The highest BCUT2D eigenvalue weighted by Gasteiger charge is 2.09. The van der Waals surface area contributed by atoms with Crippen LogP contribution >= 0.6 is 11.3 Å². The standard InChI is InChI=1S/C18H18N6O2S/c1-2-26-16(25)11-24-10-15(8-20-24)21-18-19-7-14-3-5-23(17(14)22-18)9-13-4-6-27-12-13/h3-8,10,12H,2,9,11H2,1H3,(H,19,21,22). The third kappa shape index (κ3) is 3.98. The second-order valence-electron chi connectivity index (χ2n) is 5.90. The van der Waals surface area contributed by atoms with E-state index in [1.807, 2.05) is 12.3 Å². The normalized spacial score (nSPS) is 11.0. The van der Waals surface area contributed by atoms with Crippen molar-refractivity contribution in [1.29, 1.82) is 0 Å². The number of carbonyl (C=O) groups excluding carboxylic acids is 1. The minimum atomic E-state index is -0.323. The number of esters is 1. The molecular formula is C18H18N6O2S. The first-order valence-corrected chi connectivity index (χ1v) is 9.43. The summed E-state index contributed by atoms with van der Waals surface area (Å²) in [5.74, 6) is 0.152. The first kappa shape index (κ1) is 17.2. The van der Waals surface area contributed by atoms with Crippen molar-refractivity contribution >= 4 is 40.0 Å². The van der Waals surface area contributed by atoms with Gasteiger partial charge >= 0.3 is 5.97 Å². The Morgan fingerprint density at radius 2 is 2.26 bits per heavy atom. The summed E-state index contributed by atoms with van der Waals surface area (Å²) in [6.45, 7) is 2.96. The fourth-order valence-corrected chi connectivity index (χ4v) is 3.38. The van der Waals surface area contributed by atoms with Crippen molar-refractivity contribution in [3.8, 4) is 0 Å². The Morgan fingerprint density at radius 3 is 3.07 bits per heavy atom. The summed E-state index contributed by atoms with van der Waals surface area (Å²) in [6, 6.07) is 4.11. The van der Waals surface area contributed by atoms with Crippen LogP contribution in [-0.4, -0.2) is 36.9 Å². The number of nitrogens with zero attached hydrogens (tertiary/aromatic N) is 5. The number of thiophene rings is 1. The molecule has 4 aromatic rings. The van der Waals surface area contributed by atoms with Crippen molar-refractivity contribution in [3.63, 3.8) is 0 Å². The highest BCUT2D eigenvalue weighted by Crippen LogP contribution is 2.19. The van der Waals surface area contributed by atoms with E-state index in [2.05, 4.69) is 41.8 Å². The maximum atomic E-state index is 11.5. The molecule has 0 aromatic carbocycles. The first-order chi connectivity index (χ1) is 13.2. The summed E-state index contributed by atoms with van der Waals surface area (Å²) in [4.78, 5) is 20.5. The van der Waals surface area contributed by atoms with Gasteiger partial charge in [0.05, 0.1) is 18.5 Å². The molecule has 8 nitrogen and oxygen atoms in total. The van der Waals surface area contributed by atoms with E-state index in [1.54, 1.807) is 36.9 Å². The van der Waals surface area contributed by atoms with Crippen LogP contribution in [0.25, 0.3) is 11.0 Å². The van der Waals surface area contributed by atoms with Gasteiger partial charge in [-0.3, -0.25) is 9.48 Å². The van der Waals surface area contributed by atoms with Gasteiger partial charge in [-0.15, -0.1) is 0 Å². The number of anilines is 2. The molecule has 0 aliphatic carbocycles. The van der Waals surface area contributed by atoms with Crippen LogP contribution in [0.5, 0.6) is 0 Å². The van der Waals surface area contributed by atoms with Crippen LogP contribution in [0.15, 0.2) is 47.7 Å². The van der Waals surface area contributed by atoms with E-state index < -0.39 is 0 Å². The molecule has 4 rings (SSSR count). The summed E-state index contributed by atoms with van der Waals surface area (Å²) in [6.07, 6.45) is 7.14. The molecule has 0 radical (unpaired) electrons. The van der Waals surface area contributed by atoms with Crippen molar-refractivity contribution in [2.75, 3.05) is 11.9 Å². The predicted octanol–water partition coefficient (Wildman–Crippen LogP) is 3.04. The first-order valence-electron chi connectivity index (χ1n) is 8.49. The van der Waals surface area contributed by atoms with E-state index in [1.165, 1.54) is 10.2 Å². The quantitative estimate of drug-likeness (QED) is 0.495. The lowest BCUT2D eigenvalue weighted by Crippen LogP contribution is -2.13. The van der Waals surface area contributed by atoms with Gasteiger partial charge in [0, 0.05) is 30.5 Å². The van der Waals surface area contributed by atoms with Crippen LogP contribution < -0.4 is 5.32 Å². The molecule has 4 aromatic heterocycles. The van der Waals surface area contributed by atoms with E-state index in [0.29, 0.717) is 18.2 Å². The Hall–Kier alpha value is -3.20. The molecule has 0 unspecified atom stereocenters. The van der Waals surface area contributed by atoms with Crippen molar-refractivity contribution in [1.82, 2.24) is 24.3 Å². The molecule has 0 fully saturated rings. The maximum absolute atomic E-state index is 11.5. The highest BCUT2D eigenvalue weighted by atomic mass is 32.1. The third-order valence-corrected chi connectivity index (χ3v) is 4.65. The molecule has 0 aliphatic heterocycles. The molecule has 0 saturated heterocycles. The van der Waals surface area contributed by atoms with Crippen LogP contribution in [-0.2, 0) is 22.6 Å². The lowest BCUT2D eigenvalue weighted by Gasteiger charge is -2.05. The number of aromatic nitrogens is 5. The number of nitrogens with one attached hydrogen (secondary N) is 1. The predicted molar refractivity (Wildman–Crippen MR) is 103 cm³/mol. The number of rotatable bonds is 7. The average Bonchev–Trinajstić information content (AvgIpc) is 3.39. The topological polar surface area (TPSA) is 86.9 Å². The lowest BCUT2D eigenvalue weighted by molar-refractivity contribution is -0.144. The number of hydrogen-bond acceptors (Lipinski definition) is 7. The largest absolute Gasteiger partial charge is 0.465 e. The van der Waals surface area contributed by atoms with E-state index in [9.17, 15) is 4.79 Å². The van der Waals surface area contributed by atoms with Crippen molar-refractivity contribution < 1.29 is 9.53 Å². The maximum Gasteiger partial charge on any atom is 0.327 e. The van der Waals surface area contributed by atoms with Crippen LogP contribution in [0.2, 0.25) is 0 Å². The molecule has 0 atom stereocenters. The Bertz CT molecular complexity index is 1050. The van der Waals surface area contributed by atoms with E-state index >= 15 is 0 Å². The molecule has 4 heterocycles.